The lowest BCUT2D eigenvalue weighted by Gasteiger charge is -2.26. The van der Waals surface area contributed by atoms with Crippen LogP contribution in [0.15, 0.2) is 12.4 Å². The van der Waals surface area contributed by atoms with Gasteiger partial charge < -0.3 is 9.88 Å². The van der Waals surface area contributed by atoms with E-state index in [1.54, 1.807) is 6.20 Å². The number of ketones is 1. The number of nitrogens with zero attached hydrogens (tertiary/aromatic N) is 2. The molecule has 1 saturated heterocycles. The zero-order chi connectivity index (χ0) is 9.97. The van der Waals surface area contributed by atoms with Gasteiger partial charge >= 0.3 is 0 Å². The standard InChI is InChI=1S/C10H15N3O/c1-2-13-4-3-12-10(13)9(14)5-8-6-11-7-8/h3-4,8,11H,2,5-7H2,1H3. The molecule has 0 amide bonds. The van der Waals surface area contributed by atoms with Gasteiger partial charge in [-0.2, -0.15) is 0 Å². The van der Waals surface area contributed by atoms with E-state index >= 15 is 0 Å². The third-order valence-electron chi connectivity index (χ3n) is 2.65. The van der Waals surface area contributed by atoms with E-state index in [0.29, 0.717) is 18.2 Å². The second-order valence-corrected chi connectivity index (χ2v) is 3.69. The van der Waals surface area contributed by atoms with Gasteiger partial charge in [-0.25, -0.2) is 4.98 Å². The molecule has 0 spiro atoms. The SMILES string of the molecule is CCn1ccnc1C(=O)CC1CNC1. The van der Waals surface area contributed by atoms with E-state index in [4.69, 9.17) is 0 Å². The minimum Gasteiger partial charge on any atom is -0.329 e. The highest BCUT2D eigenvalue weighted by Gasteiger charge is 2.22. The van der Waals surface area contributed by atoms with Crippen LogP contribution in [0.1, 0.15) is 24.0 Å². The number of nitrogens with one attached hydrogen (secondary N) is 1. The largest absolute Gasteiger partial charge is 0.329 e. The second-order valence-electron chi connectivity index (χ2n) is 3.69. The lowest BCUT2D eigenvalue weighted by molar-refractivity contribution is 0.0931. The molecule has 1 fully saturated rings. The minimum absolute atomic E-state index is 0.170. The lowest BCUT2D eigenvalue weighted by Crippen LogP contribution is -2.43. The summed E-state index contributed by atoms with van der Waals surface area (Å²) in [6.45, 7) is 4.77. The van der Waals surface area contributed by atoms with Crippen molar-refractivity contribution in [2.45, 2.75) is 19.9 Å². The van der Waals surface area contributed by atoms with Crippen molar-refractivity contribution in [3.05, 3.63) is 18.2 Å². The topological polar surface area (TPSA) is 46.9 Å². The van der Waals surface area contributed by atoms with E-state index in [9.17, 15) is 4.79 Å². The molecule has 0 saturated carbocycles. The highest BCUT2D eigenvalue weighted by molar-refractivity contribution is 5.93. The Balaban J connectivity index is 2.02. The molecule has 14 heavy (non-hydrogen) atoms. The lowest BCUT2D eigenvalue weighted by atomic mass is 9.96. The Bertz CT molecular complexity index is 328. The fraction of sp³-hybridized carbons (Fsp3) is 0.600. The van der Waals surface area contributed by atoms with E-state index in [1.807, 2.05) is 17.7 Å². The zero-order valence-electron chi connectivity index (χ0n) is 8.36. The fourth-order valence-electron chi connectivity index (χ4n) is 1.66. The van der Waals surface area contributed by atoms with Crippen LogP contribution in [-0.4, -0.2) is 28.4 Å². The predicted molar refractivity (Wildman–Crippen MR) is 53.2 cm³/mol. The molecule has 0 bridgehead atoms. The summed E-state index contributed by atoms with van der Waals surface area (Å²) in [5.74, 6) is 1.30. The van der Waals surface area contributed by atoms with Crippen molar-refractivity contribution in [3.63, 3.8) is 0 Å². The normalized spacial score (nSPS) is 16.6. The molecule has 2 rings (SSSR count). The predicted octanol–water partition coefficient (Wildman–Crippen LogP) is 0.695. The van der Waals surface area contributed by atoms with Gasteiger partial charge in [0.2, 0.25) is 0 Å². The minimum atomic E-state index is 0.170. The fourth-order valence-corrected chi connectivity index (χ4v) is 1.66. The summed E-state index contributed by atoms with van der Waals surface area (Å²) in [5, 5.41) is 3.16. The van der Waals surface area contributed by atoms with E-state index in [0.717, 1.165) is 19.6 Å². The van der Waals surface area contributed by atoms with Gasteiger partial charge in [0.1, 0.15) is 0 Å². The maximum Gasteiger partial charge on any atom is 0.198 e. The summed E-state index contributed by atoms with van der Waals surface area (Å²) >= 11 is 0. The van der Waals surface area contributed by atoms with Crippen LogP contribution in [0.5, 0.6) is 0 Å². The maximum absolute atomic E-state index is 11.8. The summed E-state index contributed by atoms with van der Waals surface area (Å²) in [6, 6.07) is 0. The summed E-state index contributed by atoms with van der Waals surface area (Å²) in [5.41, 5.74) is 0. The zero-order valence-corrected chi connectivity index (χ0v) is 8.36. The third-order valence-corrected chi connectivity index (χ3v) is 2.65. The highest BCUT2D eigenvalue weighted by atomic mass is 16.1. The molecule has 0 atom stereocenters. The first-order valence-corrected chi connectivity index (χ1v) is 5.06. The van der Waals surface area contributed by atoms with Crippen LogP contribution in [0.3, 0.4) is 0 Å². The highest BCUT2D eigenvalue weighted by Crippen LogP contribution is 2.12. The van der Waals surface area contributed by atoms with Crippen LogP contribution >= 0.6 is 0 Å². The van der Waals surface area contributed by atoms with Gasteiger partial charge in [-0.1, -0.05) is 0 Å². The average Bonchev–Trinajstić information content (AvgIpc) is 2.58. The van der Waals surface area contributed by atoms with Crippen LogP contribution in [0.4, 0.5) is 0 Å². The quantitative estimate of drug-likeness (QED) is 0.716. The first kappa shape index (κ1) is 9.40. The Hall–Kier alpha value is -1.16. The van der Waals surface area contributed by atoms with Crippen LogP contribution in [0, 0.1) is 5.92 Å². The average molecular weight is 193 g/mol. The molecule has 0 aromatic carbocycles. The number of Topliss-reactive ketones (excluding diaryl/α,β-unsaturated/α-hetero) is 1. The van der Waals surface area contributed by atoms with E-state index in [1.165, 1.54) is 0 Å². The molecule has 0 radical (unpaired) electrons. The third kappa shape index (κ3) is 1.70. The van der Waals surface area contributed by atoms with Crippen molar-refractivity contribution in [1.29, 1.82) is 0 Å². The Morgan fingerprint density at radius 3 is 3.07 bits per heavy atom. The van der Waals surface area contributed by atoms with Crippen molar-refractivity contribution in [2.24, 2.45) is 5.92 Å². The van der Waals surface area contributed by atoms with Gasteiger partial charge in [0, 0.05) is 25.4 Å². The molecule has 1 aliphatic rings. The Morgan fingerprint density at radius 1 is 1.71 bits per heavy atom. The summed E-state index contributed by atoms with van der Waals surface area (Å²) in [6.07, 6.45) is 4.17. The molecule has 4 nitrogen and oxygen atoms in total. The maximum atomic E-state index is 11.8. The van der Waals surface area contributed by atoms with Gasteiger partial charge in [0.05, 0.1) is 0 Å². The monoisotopic (exact) mass is 193 g/mol. The Morgan fingerprint density at radius 2 is 2.50 bits per heavy atom. The van der Waals surface area contributed by atoms with E-state index in [2.05, 4.69) is 10.3 Å². The van der Waals surface area contributed by atoms with Gasteiger partial charge in [-0.3, -0.25) is 4.79 Å². The Kier molecular flexibility index (Phi) is 2.63. The first-order chi connectivity index (χ1) is 6.81. The number of rotatable bonds is 4. The molecule has 76 valence electrons. The molecule has 2 heterocycles. The molecular weight excluding hydrogens is 178 g/mol. The van der Waals surface area contributed by atoms with Gasteiger partial charge in [0.25, 0.3) is 0 Å². The molecule has 4 heteroatoms. The van der Waals surface area contributed by atoms with E-state index in [-0.39, 0.29) is 5.78 Å². The molecule has 1 aromatic rings. The number of aromatic nitrogens is 2. The molecule has 0 aliphatic carbocycles. The number of carbonyl (C=O) groups is 1. The number of hydrogen-bond acceptors (Lipinski definition) is 3. The van der Waals surface area contributed by atoms with Gasteiger partial charge in [0.15, 0.2) is 11.6 Å². The van der Waals surface area contributed by atoms with Gasteiger partial charge in [-0.05, 0) is 25.9 Å². The van der Waals surface area contributed by atoms with Crippen LogP contribution in [-0.2, 0) is 6.54 Å². The Labute approximate surface area is 83.3 Å². The molecule has 1 N–H and O–H groups in total. The van der Waals surface area contributed by atoms with E-state index < -0.39 is 0 Å². The number of imidazole rings is 1. The number of hydrogen-bond donors (Lipinski definition) is 1. The second kappa shape index (κ2) is 3.92. The van der Waals surface area contributed by atoms with Crippen molar-refractivity contribution >= 4 is 5.78 Å². The molecule has 1 aliphatic heterocycles. The molecule has 0 unspecified atom stereocenters. The molecule has 1 aromatic heterocycles. The van der Waals surface area contributed by atoms with Crippen molar-refractivity contribution in [3.8, 4) is 0 Å². The van der Waals surface area contributed by atoms with Crippen molar-refractivity contribution in [2.75, 3.05) is 13.1 Å². The van der Waals surface area contributed by atoms with Crippen LogP contribution < -0.4 is 5.32 Å². The number of aryl methyl sites for hydroxylation is 1. The first-order valence-electron chi connectivity index (χ1n) is 5.06. The smallest absolute Gasteiger partial charge is 0.198 e. The molecular formula is C10H15N3O. The number of carbonyl (C=O) groups excluding carboxylic acids is 1. The van der Waals surface area contributed by atoms with Crippen LogP contribution in [0.2, 0.25) is 0 Å². The van der Waals surface area contributed by atoms with Crippen molar-refractivity contribution < 1.29 is 4.79 Å². The van der Waals surface area contributed by atoms with Crippen LogP contribution in [0.25, 0.3) is 0 Å². The summed E-state index contributed by atoms with van der Waals surface area (Å²) in [4.78, 5) is 15.9. The summed E-state index contributed by atoms with van der Waals surface area (Å²) < 4.78 is 1.90. The van der Waals surface area contributed by atoms with Gasteiger partial charge in [-0.15, -0.1) is 0 Å². The summed E-state index contributed by atoms with van der Waals surface area (Å²) in [7, 11) is 0. The van der Waals surface area contributed by atoms with Crippen molar-refractivity contribution in [1.82, 2.24) is 14.9 Å².